The Hall–Kier alpha value is -0.120. The zero-order valence-electron chi connectivity index (χ0n) is 15.0. The van der Waals surface area contributed by atoms with Crippen molar-refractivity contribution in [3.8, 4) is 0 Å². The number of ether oxygens (including phenoxy) is 1. The standard InChI is InChI=1S/C18H38N2O/c1-15(2)11-17-7-6-8-18(12-17,14-19)20(9-10-21-5)13-16(3)4/h15-17H,6-14,19H2,1-5H3. The average molecular weight is 299 g/mol. The Balaban J connectivity index is 2.80. The molecule has 0 bridgehead atoms. The highest BCUT2D eigenvalue weighted by molar-refractivity contribution is 4.97. The van der Waals surface area contributed by atoms with Crippen molar-refractivity contribution in [1.29, 1.82) is 0 Å². The van der Waals surface area contributed by atoms with Crippen LogP contribution >= 0.6 is 0 Å². The predicted octanol–water partition coefficient (Wildman–Crippen LogP) is 3.52. The molecule has 0 aliphatic heterocycles. The maximum Gasteiger partial charge on any atom is 0.0589 e. The van der Waals surface area contributed by atoms with Crippen LogP contribution in [0.15, 0.2) is 0 Å². The summed E-state index contributed by atoms with van der Waals surface area (Å²) in [4.78, 5) is 2.65. The number of nitrogens with two attached hydrogens (primary N) is 1. The molecule has 0 aromatic heterocycles. The lowest BCUT2D eigenvalue weighted by atomic mass is 9.72. The molecular formula is C18H38N2O. The molecule has 126 valence electrons. The summed E-state index contributed by atoms with van der Waals surface area (Å²) >= 11 is 0. The van der Waals surface area contributed by atoms with Gasteiger partial charge in [-0.15, -0.1) is 0 Å². The molecular weight excluding hydrogens is 260 g/mol. The van der Waals surface area contributed by atoms with Gasteiger partial charge >= 0.3 is 0 Å². The Morgan fingerprint density at radius 1 is 1.24 bits per heavy atom. The van der Waals surface area contributed by atoms with Crippen molar-refractivity contribution in [1.82, 2.24) is 4.90 Å². The van der Waals surface area contributed by atoms with E-state index in [-0.39, 0.29) is 5.54 Å². The van der Waals surface area contributed by atoms with Crippen LogP contribution in [0.1, 0.15) is 59.8 Å². The first-order valence-electron chi connectivity index (χ1n) is 8.87. The number of nitrogens with zero attached hydrogens (tertiary/aromatic N) is 1. The van der Waals surface area contributed by atoms with Gasteiger partial charge < -0.3 is 10.5 Å². The van der Waals surface area contributed by atoms with Crippen LogP contribution in [0.4, 0.5) is 0 Å². The molecule has 1 fully saturated rings. The molecule has 0 radical (unpaired) electrons. The zero-order valence-corrected chi connectivity index (χ0v) is 15.0. The van der Waals surface area contributed by atoms with Crippen molar-refractivity contribution in [2.45, 2.75) is 65.3 Å². The van der Waals surface area contributed by atoms with E-state index in [1.165, 1.54) is 32.1 Å². The van der Waals surface area contributed by atoms with Gasteiger partial charge in [0.05, 0.1) is 6.61 Å². The number of hydrogen-bond acceptors (Lipinski definition) is 3. The summed E-state index contributed by atoms with van der Waals surface area (Å²) in [6.07, 6.45) is 6.60. The monoisotopic (exact) mass is 298 g/mol. The maximum absolute atomic E-state index is 6.30. The molecule has 21 heavy (non-hydrogen) atoms. The van der Waals surface area contributed by atoms with E-state index in [0.717, 1.165) is 38.1 Å². The van der Waals surface area contributed by atoms with E-state index in [1.807, 2.05) is 0 Å². The number of hydrogen-bond donors (Lipinski definition) is 1. The van der Waals surface area contributed by atoms with Crippen LogP contribution in [0.3, 0.4) is 0 Å². The second kappa shape index (κ2) is 9.12. The molecule has 1 aliphatic rings. The van der Waals surface area contributed by atoms with Crippen LogP contribution in [0.2, 0.25) is 0 Å². The highest BCUT2D eigenvalue weighted by atomic mass is 16.5. The number of rotatable bonds is 9. The van der Waals surface area contributed by atoms with Crippen LogP contribution in [0, 0.1) is 17.8 Å². The third-order valence-electron chi connectivity index (χ3n) is 4.93. The molecule has 0 aromatic rings. The van der Waals surface area contributed by atoms with Gasteiger partial charge in [-0.2, -0.15) is 0 Å². The SMILES string of the molecule is COCCN(CC(C)C)C1(CN)CCCC(CC(C)C)C1. The van der Waals surface area contributed by atoms with E-state index in [4.69, 9.17) is 10.5 Å². The van der Waals surface area contributed by atoms with Crippen LogP contribution in [0.5, 0.6) is 0 Å². The van der Waals surface area contributed by atoms with Crippen molar-refractivity contribution >= 4 is 0 Å². The van der Waals surface area contributed by atoms with E-state index in [9.17, 15) is 0 Å². The van der Waals surface area contributed by atoms with Gasteiger partial charge in [-0.1, -0.05) is 40.5 Å². The summed E-state index contributed by atoms with van der Waals surface area (Å²) in [5.74, 6) is 2.32. The highest BCUT2D eigenvalue weighted by Crippen LogP contribution is 2.39. The molecule has 1 aliphatic carbocycles. The molecule has 0 heterocycles. The van der Waals surface area contributed by atoms with Crippen molar-refractivity contribution < 1.29 is 4.74 Å². The third kappa shape index (κ3) is 5.88. The predicted molar refractivity (Wildman–Crippen MR) is 91.5 cm³/mol. The van der Waals surface area contributed by atoms with Gasteiger partial charge in [0.1, 0.15) is 0 Å². The summed E-state index contributed by atoms with van der Waals surface area (Å²) in [7, 11) is 1.80. The third-order valence-corrected chi connectivity index (χ3v) is 4.93. The Kier molecular flexibility index (Phi) is 8.22. The molecule has 1 saturated carbocycles. The Labute approximate surface area is 132 Å². The zero-order chi connectivity index (χ0) is 15.9. The lowest BCUT2D eigenvalue weighted by Crippen LogP contribution is -2.58. The molecule has 3 nitrogen and oxygen atoms in total. The molecule has 0 aromatic carbocycles. The van der Waals surface area contributed by atoms with Gasteiger partial charge in [0.25, 0.3) is 0 Å². The van der Waals surface area contributed by atoms with Gasteiger partial charge in [0, 0.05) is 32.3 Å². The molecule has 0 saturated heterocycles. The van der Waals surface area contributed by atoms with E-state index in [2.05, 4.69) is 32.6 Å². The minimum atomic E-state index is 0.209. The van der Waals surface area contributed by atoms with Crippen LogP contribution in [-0.2, 0) is 4.74 Å². The normalized spacial score (nSPS) is 27.0. The first kappa shape index (κ1) is 18.9. The largest absolute Gasteiger partial charge is 0.383 e. The summed E-state index contributed by atoms with van der Waals surface area (Å²) in [6.45, 7) is 13.0. The van der Waals surface area contributed by atoms with E-state index < -0.39 is 0 Å². The second-order valence-corrected chi connectivity index (χ2v) is 7.85. The fraction of sp³-hybridized carbons (Fsp3) is 1.00. The molecule has 3 heteroatoms. The minimum absolute atomic E-state index is 0.209. The molecule has 0 amide bonds. The fourth-order valence-electron chi connectivity index (χ4n) is 4.10. The number of methoxy groups -OCH3 is 1. The Bertz CT molecular complexity index is 280. The molecule has 1 rings (SSSR count). The topological polar surface area (TPSA) is 38.5 Å². The van der Waals surface area contributed by atoms with Crippen molar-refractivity contribution in [3.05, 3.63) is 0 Å². The molecule has 2 atom stereocenters. The minimum Gasteiger partial charge on any atom is -0.383 e. The van der Waals surface area contributed by atoms with Crippen molar-refractivity contribution in [3.63, 3.8) is 0 Å². The maximum atomic E-state index is 6.30. The quantitative estimate of drug-likeness (QED) is 0.708. The first-order chi connectivity index (χ1) is 9.93. The van der Waals surface area contributed by atoms with Gasteiger partial charge in [-0.25, -0.2) is 0 Å². The van der Waals surface area contributed by atoms with E-state index in [0.29, 0.717) is 5.92 Å². The first-order valence-corrected chi connectivity index (χ1v) is 8.87. The van der Waals surface area contributed by atoms with Crippen molar-refractivity contribution in [2.75, 3.05) is 33.4 Å². The van der Waals surface area contributed by atoms with Crippen LogP contribution in [-0.4, -0.2) is 43.8 Å². The fourth-order valence-corrected chi connectivity index (χ4v) is 4.10. The van der Waals surface area contributed by atoms with Gasteiger partial charge in [0.15, 0.2) is 0 Å². The average Bonchev–Trinajstić information content (AvgIpc) is 2.42. The Morgan fingerprint density at radius 2 is 1.95 bits per heavy atom. The van der Waals surface area contributed by atoms with Gasteiger partial charge in [0.2, 0.25) is 0 Å². The lowest BCUT2D eigenvalue weighted by Gasteiger charge is -2.49. The molecule has 2 unspecified atom stereocenters. The molecule has 2 N–H and O–H groups in total. The van der Waals surface area contributed by atoms with E-state index >= 15 is 0 Å². The second-order valence-electron chi connectivity index (χ2n) is 7.85. The Morgan fingerprint density at radius 3 is 2.48 bits per heavy atom. The summed E-state index contributed by atoms with van der Waals surface area (Å²) in [5.41, 5.74) is 6.51. The summed E-state index contributed by atoms with van der Waals surface area (Å²) < 4.78 is 5.34. The molecule has 0 spiro atoms. The van der Waals surface area contributed by atoms with Gasteiger partial charge in [-0.05, 0) is 37.0 Å². The van der Waals surface area contributed by atoms with Crippen LogP contribution in [0.25, 0.3) is 0 Å². The van der Waals surface area contributed by atoms with Gasteiger partial charge in [-0.3, -0.25) is 4.90 Å². The summed E-state index contributed by atoms with van der Waals surface area (Å²) in [5, 5.41) is 0. The van der Waals surface area contributed by atoms with Crippen LogP contribution < -0.4 is 5.73 Å². The summed E-state index contributed by atoms with van der Waals surface area (Å²) in [6, 6.07) is 0. The van der Waals surface area contributed by atoms with Crippen molar-refractivity contribution in [2.24, 2.45) is 23.5 Å². The smallest absolute Gasteiger partial charge is 0.0589 e. The van der Waals surface area contributed by atoms with E-state index in [1.54, 1.807) is 7.11 Å². The lowest BCUT2D eigenvalue weighted by molar-refractivity contribution is 0.00630. The highest BCUT2D eigenvalue weighted by Gasteiger charge is 2.40.